The number of aromatic nitrogens is 4. The Labute approximate surface area is 156 Å². The highest BCUT2D eigenvalue weighted by Crippen LogP contribution is 2.31. The first-order valence-electron chi connectivity index (χ1n) is 8.36. The molecule has 1 atom stereocenters. The van der Waals surface area contributed by atoms with Crippen LogP contribution in [0, 0.1) is 19.7 Å². The largest absolute Gasteiger partial charge is 0.331 e. The molecule has 26 heavy (non-hydrogen) atoms. The summed E-state index contributed by atoms with van der Waals surface area (Å²) in [6.45, 7) is 6.38. The van der Waals surface area contributed by atoms with Crippen molar-refractivity contribution in [2.24, 2.45) is 0 Å². The van der Waals surface area contributed by atoms with Crippen molar-refractivity contribution in [2.45, 2.75) is 33.2 Å². The van der Waals surface area contributed by atoms with Gasteiger partial charge in [-0.1, -0.05) is 0 Å². The molecule has 0 saturated carbocycles. The van der Waals surface area contributed by atoms with Crippen molar-refractivity contribution in [1.82, 2.24) is 24.6 Å². The number of H-pyrrole nitrogens is 1. The molecule has 3 aromatic rings. The van der Waals surface area contributed by atoms with Gasteiger partial charge < -0.3 is 10.3 Å². The molecule has 1 aliphatic rings. The van der Waals surface area contributed by atoms with Crippen molar-refractivity contribution in [2.75, 3.05) is 6.54 Å². The maximum Gasteiger partial charge on any atom is 0.331 e. The fourth-order valence-electron chi connectivity index (χ4n) is 3.55. The average molecular weight is 378 g/mol. The second-order valence-electron chi connectivity index (χ2n) is 6.55. The smallest absolute Gasteiger partial charge is 0.312 e. The number of aromatic amines is 1. The average Bonchev–Trinajstić information content (AvgIpc) is 3.16. The Morgan fingerprint density at radius 3 is 2.58 bits per heavy atom. The summed E-state index contributed by atoms with van der Waals surface area (Å²) < 4.78 is 17.4. The monoisotopic (exact) mass is 377 g/mol. The third kappa shape index (κ3) is 2.77. The van der Waals surface area contributed by atoms with Crippen LogP contribution in [0.4, 0.5) is 4.39 Å². The minimum absolute atomic E-state index is 0. The summed E-state index contributed by atoms with van der Waals surface area (Å²) >= 11 is 0. The van der Waals surface area contributed by atoms with Gasteiger partial charge in [0, 0.05) is 37.0 Å². The van der Waals surface area contributed by atoms with Crippen LogP contribution in [0.5, 0.6) is 0 Å². The molecule has 8 heteroatoms. The molecule has 1 aliphatic heterocycles. The molecule has 4 rings (SSSR count). The van der Waals surface area contributed by atoms with Crippen molar-refractivity contribution in [1.29, 1.82) is 0 Å². The van der Waals surface area contributed by atoms with E-state index >= 15 is 0 Å². The van der Waals surface area contributed by atoms with E-state index in [1.54, 1.807) is 47.6 Å². The molecule has 0 radical (unpaired) electrons. The minimum atomic E-state index is -0.225. The second-order valence-corrected chi connectivity index (χ2v) is 6.55. The Morgan fingerprint density at radius 2 is 1.96 bits per heavy atom. The van der Waals surface area contributed by atoms with Crippen LogP contribution >= 0.6 is 12.4 Å². The van der Waals surface area contributed by atoms with Crippen LogP contribution in [-0.2, 0) is 6.42 Å². The highest BCUT2D eigenvalue weighted by atomic mass is 35.5. The maximum atomic E-state index is 14.1. The Morgan fingerprint density at radius 1 is 1.27 bits per heavy atom. The number of hydrogen-bond acceptors (Lipinski definition) is 3. The number of nitrogens with zero attached hydrogens (tertiary/aromatic N) is 3. The summed E-state index contributed by atoms with van der Waals surface area (Å²) in [4.78, 5) is 14.9. The van der Waals surface area contributed by atoms with Crippen LogP contribution in [-0.4, -0.2) is 25.9 Å². The minimum Gasteiger partial charge on any atom is -0.312 e. The van der Waals surface area contributed by atoms with E-state index in [1.165, 1.54) is 0 Å². The molecule has 1 aromatic carbocycles. The summed E-state index contributed by atoms with van der Waals surface area (Å²) in [5.41, 5.74) is 3.61. The number of imidazole rings is 1. The lowest BCUT2D eigenvalue weighted by Gasteiger charge is -2.20. The Kier molecular flexibility index (Phi) is 4.77. The maximum absolute atomic E-state index is 14.1. The van der Waals surface area contributed by atoms with Crippen molar-refractivity contribution in [3.8, 4) is 11.5 Å². The zero-order valence-corrected chi connectivity index (χ0v) is 15.7. The summed E-state index contributed by atoms with van der Waals surface area (Å²) in [5, 5.41) is 8.18. The predicted octanol–water partition coefficient (Wildman–Crippen LogP) is 2.74. The van der Waals surface area contributed by atoms with Crippen LogP contribution in [0.25, 0.3) is 11.5 Å². The molecule has 0 aliphatic carbocycles. The highest BCUT2D eigenvalue weighted by molar-refractivity contribution is 5.85. The standard InChI is InChI=1S/C18H20FN5O.ClH/c1-10-8-13(9-11(2)16(10)19)24-17(23-7-6-21-18(23)25)15-12(3)20-5-4-14(15)22-24;/h6-9,12,20H,4-5H2,1-3H3,(H,21,25);1H/t12-;/m0./s1. The SMILES string of the molecule is Cc1cc(-n2nc3c(c2-n2cc[nH]c2=O)[C@H](C)NCC3)cc(C)c1F.Cl. The molecule has 138 valence electrons. The third-order valence-corrected chi connectivity index (χ3v) is 4.76. The predicted molar refractivity (Wildman–Crippen MR) is 100 cm³/mol. The van der Waals surface area contributed by atoms with Gasteiger partial charge in [-0.25, -0.2) is 13.9 Å². The zero-order valence-electron chi connectivity index (χ0n) is 14.8. The first kappa shape index (κ1) is 18.4. The number of aryl methyl sites for hydroxylation is 2. The van der Waals surface area contributed by atoms with E-state index in [2.05, 4.69) is 17.2 Å². The number of hydrogen-bond donors (Lipinski definition) is 2. The Bertz CT molecular complexity index is 996. The Hall–Kier alpha value is -2.38. The highest BCUT2D eigenvalue weighted by Gasteiger charge is 2.28. The van der Waals surface area contributed by atoms with Crippen molar-refractivity contribution < 1.29 is 4.39 Å². The van der Waals surface area contributed by atoms with Gasteiger partial charge in [-0.3, -0.25) is 4.57 Å². The van der Waals surface area contributed by atoms with E-state index in [0.29, 0.717) is 16.9 Å². The molecule has 0 fully saturated rings. The molecule has 6 nitrogen and oxygen atoms in total. The van der Waals surface area contributed by atoms with E-state index in [1.807, 2.05) is 0 Å². The van der Waals surface area contributed by atoms with Crippen molar-refractivity contribution >= 4 is 12.4 Å². The van der Waals surface area contributed by atoms with Crippen LogP contribution < -0.4 is 11.0 Å². The molecule has 3 heterocycles. The molecular formula is C18H21ClFN5O. The molecule has 0 unspecified atom stereocenters. The molecule has 0 spiro atoms. The number of rotatable bonds is 2. The number of fused-ring (bicyclic) bond motifs is 1. The lowest BCUT2D eigenvalue weighted by Crippen LogP contribution is -2.29. The Balaban J connectivity index is 0.00000196. The van der Waals surface area contributed by atoms with Crippen molar-refractivity contribution in [3.05, 3.63) is 63.2 Å². The fourth-order valence-corrected chi connectivity index (χ4v) is 3.55. The molecule has 0 saturated heterocycles. The number of halogens is 2. The molecule has 2 N–H and O–H groups in total. The van der Waals surface area contributed by atoms with E-state index in [0.717, 1.165) is 29.9 Å². The van der Waals surface area contributed by atoms with E-state index in [4.69, 9.17) is 5.10 Å². The summed E-state index contributed by atoms with van der Waals surface area (Å²) in [6, 6.07) is 3.61. The van der Waals surface area contributed by atoms with Gasteiger partial charge in [-0.05, 0) is 44.0 Å². The molecule has 0 amide bonds. The summed E-state index contributed by atoms with van der Waals surface area (Å²) in [5.74, 6) is 0.488. The van der Waals surface area contributed by atoms with E-state index < -0.39 is 0 Å². The number of benzene rings is 1. The first-order valence-corrected chi connectivity index (χ1v) is 8.36. The van der Waals surface area contributed by atoms with E-state index in [-0.39, 0.29) is 30.0 Å². The topological polar surface area (TPSA) is 67.6 Å². The van der Waals surface area contributed by atoms with Crippen molar-refractivity contribution in [3.63, 3.8) is 0 Å². The van der Waals surface area contributed by atoms with Gasteiger partial charge in [0.25, 0.3) is 0 Å². The van der Waals surface area contributed by atoms with Crippen LogP contribution in [0.2, 0.25) is 0 Å². The van der Waals surface area contributed by atoms with Gasteiger partial charge in [0.15, 0.2) is 0 Å². The lowest BCUT2D eigenvalue weighted by atomic mass is 10.0. The third-order valence-electron chi connectivity index (χ3n) is 4.76. The quantitative estimate of drug-likeness (QED) is 0.721. The van der Waals surface area contributed by atoms with Crippen LogP contribution in [0.3, 0.4) is 0 Å². The molecule has 0 bridgehead atoms. The van der Waals surface area contributed by atoms with E-state index in [9.17, 15) is 9.18 Å². The lowest BCUT2D eigenvalue weighted by molar-refractivity contribution is 0.536. The van der Waals surface area contributed by atoms with Gasteiger partial charge in [-0.15, -0.1) is 12.4 Å². The number of nitrogens with one attached hydrogen (secondary N) is 2. The second kappa shape index (κ2) is 6.74. The summed E-state index contributed by atoms with van der Waals surface area (Å²) in [6.07, 6.45) is 4.09. The van der Waals surface area contributed by atoms with Gasteiger partial charge >= 0.3 is 5.69 Å². The fraction of sp³-hybridized carbons (Fsp3) is 0.333. The summed E-state index contributed by atoms with van der Waals surface area (Å²) in [7, 11) is 0. The molecular weight excluding hydrogens is 357 g/mol. The van der Waals surface area contributed by atoms with Crippen LogP contribution in [0.1, 0.15) is 35.3 Å². The molecule has 2 aromatic heterocycles. The van der Waals surface area contributed by atoms with Gasteiger partial charge in [0.05, 0.1) is 11.4 Å². The van der Waals surface area contributed by atoms with Gasteiger partial charge in [0.2, 0.25) is 0 Å². The van der Waals surface area contributed by atoms with Crippen LogP contribution in [0.15, 0.2) is 29.3 Å². The van der Waals surface area contributed by atoms with Gasteiger partial charge in [0.1, 0.15) is 11.6 Å². The first-order chi connectivity index (χ1) is 12.0. The normalized spacial score (nSPS) is 16.2. The van der Waals surface area contributed by atoms with Gasteiger partial charge in [-0.2, -0.15) is 5.10 Å². The zero-order chi connectivity index (χ0) is 17.7.